The van der Waals surface area contributed by atoms with Gasteiger partial charge in [0.05, 0.1) is 0 Å². The van der Waals surface area contributed by atoms with Gasteiger partial charge in [-0.1, -0.05) is 43.7 Å². The molecule has 2 aromatic rings. The van der Waals surface area contributed by atoms with Crippen LogP contribution < -0.4 is 15.2 Å². The Labute approximate surface area is 130 Å². The SMILES string of the molecule is CCCc1cc(OCC(N)=O)ccc1OCc1ccccc1. The van der Waals surface area contributed by atoms with E-state index >= 15 is 0 Å². The van der Waals surface area contributed by atoms with Gasteiger partial charge in [-0.25, -0.2) is 0 Å². The summed E-state index contributed by atoms with van der Waals surface area (Å²) in [6.07, 6.45) is 1.89. The fraction of sp³-hybridized carbons (Fsp3) is 0.278. The van der Waals surface area contributed by atoms with Crippen LogP contribution in [0.5, 0.6) is 11.5 Å². The Kier molecular flexibility index (Phi) is 5.83. The maximum Gasteiger partial charge on any atom is 0.255 e. The van der Waals surface area contributed by atoms with Crippen molar-refractivity contribution in [3.63, 3.8) is 0 Å². The number of rotatable bonds is 8. The van der Waals surface area contributed by atoms with Crippen LogP contribution in [0.2, 0.25) is 0 Å². The van der Waals surface area contributed by atoms with Crippen LogP contribution in [-0.2, 0) is 17.8 Å². The number of hydrogen-bond donors (Lipinski definition) is 1. The maximum absolute atomic E-state index is 10.8. The van der Waals surface area contributed by atoms with E-state index in [-0.39, 0.29) is 6.61 Å². The monoisotopic (exact) mass is 299 g/mol. The average Bonchev–Trinajstić information content (AvgIpc) is 2.53. The third-order valence-corrected chi connectivity index (χ3v) is 3.17. The minimum absolute atomic E-state index is 0.115. The van der Waals surface area contributed by atoms with Crippen molar-refractivity contribution in [3.05, 3.63) is 59.7 Å². The van der Waals surface area contributed by atoms with Crippen molar-refractivity contribution in [2.45, 2.75) is 26.4 Å². The Morgan fingerprint density at radius 2 is 1.86 bits per heavy atom. The zero-order valence-corrected chi connectivity index (χ0v) is 12.7. The predicted molar refractivity (Wildman–Crippen MR) is 85.9 cm³/mol. The molecule has 0 unspecified atom stereocenters. The van der Waals surface area contributed by atoms with Crippen LogP contribution in [0, 0.1) is 0 Å². The fourth-order valence-corrected chi connectivity index (χ4v) is 2.14. The van der Waals surface area contributed by atoms with E-state index in [2.05, 4.69) is 6.92 Å². The molecule has 0 radical (unpaired) electrons. The lowest BCUT2D eigenvalue weighted by Gasteiger charge is -2.13. The Bertz CT molecular complexity index is 611. The summed E-state index contributed by atoms with van der Waals surface area (Å²) in [6.45, 7) is 2.52. The first-order valence-electron chi connectivity index (χ1n) is 7.39. The molecule has 2 N–H and O–H groups in total. The van der Waals surface area contributed by atoms with Gasteiger partial charge in [-0.05, 0) is 35.7 Å². The number of ether oxygens (including phenoxy) is 2. The predicted octanol–water partition coefficient (Wildman–Crippen LogP) is 3.08. The minimum Gasteiger partial charge on any atom is -0.489 e. The molecule has 2 rings (SSSR count). The molecule has 0 fully saturated rings. The quantitative estimate of drug-likeness (QED) is 0.815. The number of nitrogens with two attached hydrogens (primary N) is 1. The maximum atomic E-state index is 10.8. The highest BCUT2D eigenvalue weighted by atomic mass is 16.5. The third kappa shape index (κ3) is 4.81. The molecule has 22 heavy (non-hydrogen) atoms. The van der Waals surface area contributed by atoms with E-state index in [4.69, 9.17) is 15.2 Å². The van der Waals surface area contributed by atoms with Gasteiger partial charge >= 0.3 is 0 Å². The molecule has 0 heterocycles. The summed E-state index contributed by atoms with van der Waals surface area (Å²) >= 11 is 0. The molecular weight excluding hydrogens is 278 g/mol. The standard InChI is InChI=1S/C18H21NO3/c1-2-6-15-11-16(21-13-18(19)20)9-10-17(15)22-12-14-7-4-3-5-8-14/h3-5,7-11H,2,6,12-13H2,1H3,(H2,19,20). The first-order valence-corrected chi connectivity index (χ1v) is 7.39. The molecule has 4 nitrogen and oxygen atoms in total. The van der Waals surface area contributed by atoms with E-state index in [1.807, 2.05) is 42.5 Å². The van der Waals surface area contributed by atoms with Gasteiger partial charge in [-0.3, -0.25) is 4.79 Å². The number of carbonyl (C=O) groups is 1. The lowest BCUT2D eigenvalue weighted by molar-refractivity contribution is -0.119. The molecule has 0 saturated carbocycles. The molecular formula is C18H21NO3. The van der Waals surface area contributed by atoms with E-state index in [9.17, 15) is 4.79 Å². The Balaban J connectivity index is 2.07. The molecule has 1 amide bonds. The van der Waals surface area contributed by atoms with Gasteiger partial charge in [0.2, 0.25) is 0 Å². The van der Waals surface area contributed by atoms with Crippen molar-refractivity contribution in [2.75, 3.05) is 6.61 Å². The lowest BCUT2D eigenvalue weighted by atomic mass is 10.1. The number of benzene rings is 2. The third-order valence-electron chi connectivity index (χ3n) is 3.17. The average molecular weight is 299 g/mol. The second kappa shape index (κ2) is 8.08. The van der Waals surface area contributed by atoms with Crippen molar-refractivity contribution in [3.8, 4) is 11.5 Å². The largest absolute Gasteiger partial charge is 0.489 e. The van der Waals surface area contributed by atoms with E-state index in [1.165, 1.54) is 0 Å². The van der Waals surface area contributed by atoms with Crippen molar-refractivity contribution < 1.29 is 14.3 Å². The van der Waals surface area contributed by atoms with Crippen LogP contribution in [0.1, 0.15) is 24.5 Å². The summed E-state index contributed by atoms with van der Waals surface area (Å²) in [5.41, 5.74) is 7.28. The minimum atomic E-state index is -0.485. The molecule has 2 aromatic carbocycles. The lowest BCUT2D eigenvalue weighted by Crippen LogP contribution is -2.20. The number of primary amides is 1. The summed E-state index contributed by atoms with van der Waals surface area (Å²) in [7, 11) is 0. The first kappa shape index (κ1) is 15.9. The Morgan fingerprint density at radius 3 is 2.55 bits per heavy atom. The number of aryl methyl sites for hydroxylation is 1. The van der Waals surface area contributed by atoms with Crippen molar-refractivity contribution in [1.82, 2.24) is 0 Å². The van der Waals surface area contributed by atoms with E-state index in [1.54, 1.807) is 6.07 Å². The second-order valence-corrected chi connectivity index (χ2v) is 5.05. The highest BCUT2D eigenvalue weighted by molar-refractivity contribution is 5.75. The van der Waals surface area contributed by atoms with Crippen LogP contribution in [0.25, 0.3) is 0 Å². The van der Waals surface area contributed by atoms with E-state index < -0.39 is 5.91 Å². The summed E-state index contributed by atoms with van der Waals surface area (Å²) in [5, 5.41) is 0. The van der Waals surface area contributed by atoms with Gasteiger partial charge < -0.3 is 15.2 Å². The summed E-state index contributed by atoms with van der Waals surface area (Å²) in [4.78, 5) is 10.8. The molecule has 116 valence electrons. The van der Waals surface area contributed by atoms with Gasteiger partial charge in [0.25, 0.3) is 5.91 Å². The number of hydrogen-bond acceptors (Lipinski definition) is 3. The summed E-state index contributed by atoms with van der Waals surface area (Å²) in [5.74, 6) is 0.993. The van der Waals surface area contributed by atoms with Crippen LogP contribution in [-0.4, -0.2) is 12.5 Å². The van der Waals surface area contributed by atoms with E-state index in [0.717, 1.165) is 29.7 Å². The van der Waals surface area contributed by atoms with Gasteiger partial charge in [0, 0.05) is 0 Å². The topological polar surface area (TPSA) is 61.5 Å². The molecule has 0 aliphatic carbocycles. The Hall–Kier alpha value is -2.49. The zero-order chi connectivity index (χ0) is 15.8. The molecule has 0 bridgehead atoms. The van der Waals surface area contributed by atoms with Crippen LogP contribution in [0.3, 0.4) is 0 Å². The first-order chi connectivity index (χ1) is 10.7. The number of carbonyl (C=O) groups excluding carboxylic acids is 1. The zero-order valence-electron chi connectivity index (χ0n) is 12.7. The second-order valence-electron chi connectivity index (χ2n) is 5.05. The number of amides is 1. The molecule has 0 aromatic heterocycles. The van der Waals surface area contributed by atoms with Gasteiger partial charge in [-0.2, -0.15) is 0 Å². The molecule has 4 heteroatoms. The van der Waals surface area contributed by atoms with Crippen LogP contribution in [0.4, 0.5) is 0 Å². The Morgan fingerprint density at radius 1 is 1.09 bits per heavy atom. The highest BCUT2D eigenvalue weighted by Gasteiger charge is 2.07. The smallest absolute Gasteiger partial charge is 0.255 e. The molecule has 0 spiro atoms. The fourth-order valence-electron chi connectivity index (χ4n) is 2.14. The van der Waals surface area contributed by atoms with Crippen molar-refractivity contribution in [1.29, 1.82) is 0 Å². The molecule has 0 atom stereocenters. The van der Waals surface area contributed by atoms with Gasteiger partial charge in [0.1, 0.15) is 18.1 Å². The van der Waals surface area contributed by atoms with Gasteiger partial charge in [0.15, 0.2) is 6.61 Å². The van der Waals surface area contributed by atoms with Crippen LogP contribution in [0.15, 0.2) is 48.5 Å². The highest BCUT2D eigenvalue weighted by Crippen LogP contribution is 2.26. The normalized spacial score (nSPS) is 10.2. The van der Waals surface area contributed by atoms with Crippen LogP contribution >= 0.6 is 0 Å². The summed E-state index contributed by atoms with van der Waals surface area (Å²) < 4.78 is 11.3. The van der Waals surface area contributed by atoms with Gasteiger partial charge in [-0.15, -0.1) is 0 Å². The van der Waals surface area contributed by atoms with E-state index in [0.29, 0.717) is 12.4 Å². The van der Waals surface area contributed by atoms with Crippen molar-refractivity contribution >= 4 is 5.91 Å². The molecule has 0 aliphatic rings. The molecule has 0 aliphatic heterocycles. The van der Waals surface area contributed by atoms with Crippen molar-refractivity contribution in [2.24, 2.45) is 5.73 Å². The molecule has 0 saturated heterocycles. The summed E-state index contributed by atoms with van der Waals surface area (Å²) in [6, 6.07) is 15.6.